The lowest BCUT2D eigenvalue weighted by atomic mass is 10.6. The van der Waals surface area contributed by atoms with Gasteiger partial charge < -0.3 is 5.32 Å². The molecule has 16 heavy (non-hydrogen) atoms. The predicted molar refractivity (Wildman–Crippen MR) is 57.0 cm³/mol. The highest BCUT2D eigenvalue weighted by Crippen LogP contribution is 1.99. The highest BCUT2D eigenvalue weighted by Gasteiger charge is 2.06. The van der Waals surface area contributed by atoms with Gasteiger partial charge in [-0.1, -0.05) is 6.58 Å². The summed E-state index contributed by atoms with van der Waals surface area (Å²) in [4.78, 5) is 10.5. The molecule has 0 aliphatic heterocycles. The van der Waals surface area contributed by atoms with Crippen LogP contribution < -0.4 is 5.32 Å². The van der Waals surface area contributed by atoms with Gasteiger partial charge >= 0.3 is 6.08 Å². The number of aryl methyl sites for hydroxylation is 1. The van der Waals surface area contributed by atoms with Crippen LogP contribution in [0.2, 0.25) is 0 Å². The molecule has 6 nitrogen and oxygen atoms in total. The van der Waals surface area contributed by atoms with Crippen LogP contribution in [0.4, 0.5) is 10.3 Å². The van der Waals surface area contributed by atoms with Gasteiger partial charge in [-0.25, -0.2) is 8.42 Å². The van der Waals surface area contributed by atoms with Gasteiger partial charge in [-0.15, -0.1) is 0 Å². The summed E-state index contributed by atoms with van der Waals surface area (Å²) < 4.78 is 34.8. The first-order valence-electron chi connectivity index (χ1n) is 4.40. The van der Waals surface area contributed by atoms with Crippen LogP contribution in [0.5, 0.6) is 0 Å². The summed E-state index contributed by atoms with van der Waals surface area (Å²) in [6.45, 7) is 4.76. The van der Waals surface area contributed by atoms with E-state index in [1.807, 2.05) is 0 Å². The number of aromatic nitrogens is 3. The molecular formula is C8H11FN4O2S. The van der Waals surface area contributed by atoms with E-state index in [0.717, 1.165) is 5.41 Å². The van der Waals surface area contributed by atoms with Gasteiger partial charge in [-0.05, 0) is 6.92 Å². The van der Waals surface area contributed by atoms with Gasteiger partial charge in [-0.3, -0.25) is 0 Å². The van der Waals surface area contributed by atoms with Gasteiger partial charge in [0, 0.05) is 12.0 Å². The van der Waals surface area contributed by atoms with Crippen LogP contribution in [-0.4, -0.2) is 35.7 Å². The van der Waals surface area contributed by atoms with Crippen LogP contribution in [0.1, 0.15) is 5.82 Å². The topological polar surface area (TPSA) is 84.8 Å². The standard InChI is InChI=1S/C8H11FN4O2S/c1-3-16(14,15)5-4-10-8-12-6(2)11-7(9)13-8/h3H,1,4-5H2,2H3,(H,10,11,12,13). The average Bonchev–Trinajstić information content (AvgIpc) is 2.16. The van der Waals surface area contributed by atoms with Crippen molar-refractivity contribution in [2.75, 3.05) is 17.6 Å². The maximum atomic E-state index is 12.7. The highest BCUT2D eigenvalue weighted by molar-refractivity contribution is 7.94. The molecule has 0 saturated carbocycles. The van der Waals surface area contributed by atoms with E-state index in [0.29, 0.717) is 0 Å². The van der Waals surface area contributed by atoms with E-state index in [9.17, 15) is 12.8 Å². The zero-order valence-electron chi connectivity index (χ0n) is 8.64. The zero-order valence-corrected chi connectivity index (χ0v) is 9.46. The molecule has 1 rings (SSSR count). The van der Waals surface area contributed by atoms with Crippen molar-refractivity contribution in [2.24, 2.45) is 0 Å². The van der Waals surface area contributed by atoms with Crippen molar-refractivity contribution in [1.29, 1.82) is 0 Å². The number of nitrogens with zero attached hydrogens (tertiary/aromatic N) is 3. The molecule has 0 spiro atoms. The molecule has 0 atom stereocenters. The van der Waals surface area contributed by atoms with Crippen LogP contribution in [-0.2, 0) is 9.84 Å². The van der Waals surface area contributed by atoms with Crippen molar-refractivity contribution in [3.8, 4) is 0 Å². The number of halogens is 1. The Morgan fingerprint density at radius 2 is 2.12 bits per heavy atom. The molecule has 8 heteroatoms. The molecule has 0 aromatic carbocycles. The van der Waals surface area contributed by atoms with Gasteiger partial charge in [-0.2, -0.15) is 19.3 Å². The number of rotatable bonds is 5. The van der Waals surface area contributed by atoms with E-state index >= 15 is 0 Å². The van der Waals surface area contributed by atoms with Crippen molar-refractivity contribution in [2.45, 2.75) is 6.92 Å². The SMILES string of the molecule is C=CS(=O)(=O)CCNc1nc(C)nc(F)n1. The third-order valence-electron chi connectivity index (χ3n) is 1.64. The lowest BCUT2D eigenvalue weighted by Crippen LogP contribution is -2.16. The molecule has 0 aliphatic carbocycles. The smallest absolute Gasteiger partial charge is 0.313 e. The van der Waals surface area contributed by atoms with Gasteiger partial charge in [0.15, 0.2) is 9.84 Å². The number of hydrogen-bond donors (Lipinski definition) is 1. The Balaban J connectivity index is 2.59. The molecular weight excluding hydrogens is 235 g/mol. The Kier molecular flexibility index (Phi) is 3.88. The largest absolute Gasteiger partial charge is 0.353 e. The summed E-state index contributed by atoms with van der Waals surface area (Å²) >= 11 is 0. The molecule has 88 valence electrons. The normalized spacial score (nSPS) is 11.1. The second kappa shape index (κ2) is 4.97. The molecule has 1 aromatic heterocycles. The lowest BCUT2D eigenvalue weighted by Gasteiger charge is -2.03. The Morgan fingerprint density at radius 3 is 2.69 bits per heavy atom. The molecule has 0 amide bonds. The molecule has 0 fully saturated rings. The zero-order chi connectivity index (χ0) is 12.2. The predicted octanol–water partition coefficient (Wildman–Crippen LogP) is 0.289. The molecule has 0 radical (unpaired) electrons. The third kappa shape index (κ3) is 3.89. The fourth-order valence-corrected chi connectivity index (χ4v) is 1.47. The Labute approximate surface area is 92.6 Å². The van der Waals surface area contributed by atoms with Gasteiger partial charge in [0.25, 0.3) is 0 Å². The van der Waals surface area contributed by atoms with Crippen LogP contribution in [0.15, 0.2) is 12.0 Å². The van der Waals surface area contributed by atoms with E-state index in [1.54, 1.807) is 0 Å². The van der Waals surface area contributed by atoms with Crippen molar-refractivity contribution in [3.05, 3.63) is 23.9 Å². The fraction of sp³-hybridized carbons (Fsp3) is 0.375. The summed E-state index contributed by atoms with van der Waals surface area (Å²) in [5.41, 5.74) is 0. The maximum absolute atomic E-state index is 12.7. The van der Waals surface area contributed by atoms with Gasteiger partial charge in [0.05, 0.1) is 5.75 Å². The lowest BCUT2D eigenvalue weighted by molar-refractivity contribution is 0.529. The van der Waals surface area contributed by atoms with E-state index in [-0.39, 0.29) is 24.1 Å². The molecule has 1 heterocycles. The van der Waals surface area contributed by atoms with E-state index in [2.05, 4.69) is 26.8 Å². The van der Waals surface area contributed by atoms with Crippen LogP contribution in [0.25, 0.3) is 0 Å². The summed E-state index contributed by atoms with van der Waals surface area (Å²) in [5.74, 6) is 0.0916. The number of hydrogen-bond acceptors (Lipinski definition) is 6. The highest BCUT2D eigenvalue weighted by atomic mass is 32.2. The molecule has 0 unspecified atom stereocenters. The summed E-state index contributed by atoms with van der Waals surface area (Å²) in [6.07, 6.45) is -0.901. The van der Waals surface area contributed by atoms with Crippen molar-refractivity contribution in [3.63, 3.8) is 0 Å². The second-order valence-corrected chi connectivity index (χ2v) is 5.00. The Bertz CT molecular complexity index is 469. The van der Waals surface area contributed by atoms with Gasteiger partial charge in [0.1, 0.15) is 5.82 Å². The van der Waals surface area contributed by atoms with Crippen LogP contribution in [0.3, 0.4) is 0 Å². The maximum Gasteiger partial charge on any atom is 0.313 e. The molecule has 1 aromatic rings. The first-order chi connectivity index (χ1) is 7.43. The Hall–Kier alpha value is -1.57. The fourth-order valence-electron chi connectivity index (χ4n) is 0.917. The second-order valence-electron chi connectivity index (χ2n) is 2.94. The molecule has 1 N–H and O–H groups in total. The molecule has 0 saturated heterocycles. The minimum absolute atomic E-state index is 0.0178. The van der Waals surface area contributed by atoms with E-state index < -0.39 is 15.9 Å². The van der Waals surface area contributed by atoms with Crippen LogP contribution >= 0.6 is 0 Å². The molecule has 0 bridgehead atoms. The quantitative estimate of drug-likeness (QED) is 0.803. The van der Waals surface area contributed by atoms with E-state index in [4.69, 9.17) is 0 Å². The third-order valence-corrected chi connectivity index (χ3v) is 2.92. The summed E-state index contributed by atoms with van der Waals surface area (Å²) in [5, 5.41) is 3.46. The minimum Gasteiger partial charge on any atom is -0.353 e. The minimum atomic E-state index is -3.27. The monoisotopic (exact) mass is 246 g/mol. The summed E-state index contributed by atoms with van der Waals surface area (Å²) in [7, 11) is -3.27. The van der Waals surface area contributed by atoms with Gasteiger partial charge in [0.2, 0.25) is 5.95 Å². The van der Waals surface area contributed by atoms with Crippen molar-refractivity contribution in [1.82, 2.24) is 15.0 Å². The van der Waals surface area contributed by atoms with Crippen molar-refractivity contribution >= 4 is 15.8 Å². The van der Waals surface area contributed by atoms with Crippen molar-refractivity contribution < 1.29 is 12.8 Å². The Morgan fingerprint density at radius 1 is 1.44 bits per heavy atom. The number of nitrogens with one attached hydrogen (secondary N) is 1. The summed E-state index contributed by atoms with van der Waals surface area (Å²) in [6, 6.07) is 0. The van der Waals surface area contributed by atoms with Crippen LogP contribution in [0, 0.1) is 13.0 Å². The molecule has 0 aliphatic rings. The number of sulfone groups is 1. The average molecular weight is 246 g/mol. The first kappa shape index (κ1) is 12.5. The van der Waals surface area contributed by atoms with E-state index in [1.165, 1.54) is 6.92 Å². The number of anilines is 1. The first-order valence-corrected chi connectivity index (χ1v) is 6.12.